The summed E-state index contributed by atoms with van der Waals surface area (Å²) in [5.41, 5.74) is 2.82. The maximum absolute atomic E-state index is 11.3. The van der Waals surface area contributed by atoms with Crippen LogP contribution in [0.1, 0.15) is 15.9 Å². The number of aldehydes is 1. The highest BCUT2D eigenvalue weighted by molar-refractivity contribution is 7.14. The lowest BCUT2D eigenvalue weighted by molar-refractivity contribution is 0.112. The first kappa shape index (κ1) is 11.0. The van der Waals surface area contributed by atoms with Crippen molar-refractivity contribution in [2.75, 3.05) is 5.32 Å². The van der Waals surface area contributed by atoms with Crippen molar-refractivity contribution < 1.29 is 4.79 Å². The summed E-state index contributed by atoms with van der Waals surface area (Å²) in [4.78, 5) is 14.5. The molecule has 0 saturated heterocycles. The fraction of sp³-hybridized carbons (Fsp3) is 0.0714. The lowest BCUT2D eigenvalue weighted by Crippen LogP contribution is -1.93. The lowest BCUT2D eigenvalue weighted by atomic mass is 10.2. The molecule has 0 amide bonds. The second-order valence-corrected chi connectivity index (χ2v) is 5.05. The molecule has 0 aliphatic rings. The Labute approximate surface area is 108 Å². The molecule has 0 radical (unpaired) electrons. The standard InChI is InChI=1S/C14H12N2OS/c1-9-6-7-18-14(9)16-13-11(8-17)10-4-2-3-5-12(10)15-13/h2-8,15-16H,1H3. The summed E-state index contributed by atoms with van der Waals surface area (Å²) in [5, 5.41) is 7.33. The van der Waals surface area contributed by atoms with Gasteiger partial charge in [0.15, 0.2) is 6.29 Å². The molecule has 2 heterocycles. The molecule has 0 saturated carbocycles. The van der Waals surface area contributed by atoms with E-state index in [-0.39, 0.29) is 0 Å². The normalized spacial score (nSPS) is 10.7. The number of thiophene rings is 1. The number of aromatic amines is 1. The highest BCUT2D eigenvalue weighted by Gasteiger charge is 2.11. The summed E-state index contributed by atoms with van der Waals surface area (Å²) in [5.74, 6) is 0.761. The van der Waals surface area contributed by atoms with Crippen LogP contribution in [-0.4, -0.2) is 11.3 Å². The minimum absolute atomic E-state index is 0.679. The summed E-state index contributed by atoms with van der Waals surface area (Å²) in [6, 6.07) is 9.85. The Morgan fingerprint density at radius 3 is 2.83 bits per heavy atom. The molecule has 2 aromatic heterocycles. The number of hydrogen-bond donors (Lipinski definition) is 2. The maximum atomic E-state index is 11.3. The third-order valence-electron chi connectivity index (χ3n) is 2.96. The minimum Gasteiger partial charge on any atom is -0.341 e. The van der Waals surface area contributed by atoms with Crippen LogP contribution in [0.15, 0.2) is 35.7 Å². The molecule has 0 aliphatic carbocycles. The van der Waals surface area contributed by atoms with Crippen molar-refractivity contribution in [2.45, 2.75) is 6.92 Å². The van der Waals surface area contributed by atoms with Gasteiger partial charge in [0.05, 0.1) is 10.6 Å². The number of aromatic nitrogens is 1. The van der Waals surface area contributed by atoms with E-state index in [0.29, 0.717) is 5.56 Å². The van der Waals surface area contributed by atoms with Crippen LogP contribution >= 0.6 is 11.3 Å². The fourth-order valence-electron chi connectivity index (χ4n) is 2.00. The maximum Gasteiger partial charge on any atom is 0.154 e. The van der Waals surface area contributed by atoms with Crippen molar-refractivity contribution in [3.8, 4) is 0 Å². The number of aryl methyl sites for hydroxylation is 1. The van der Waals surface area contributed by atoms with E-state index < -0.39 is 0 Å². The van der Waals surface area contributed by atoms with Crippen LogP contribution in [0.5, 0.6) is 0 Å². The van der Waals surface area contributed by atoms with Crippen LogP contribution in [0.4, 0.5) is 10.8 Å². The molecule has 3 aromatic rings. The summed E-state index contributed by atoms with van der Waals surface area (Å²) >= 11 is 1.63. The van der Waals surface area contributed by atoms with Gasteiger partial charge in [0.1, 0.15) is 5.82 Å². The predicted octanol–water partition coefficient (Wildman–Crippen LogP) is 4.09. The summed E-state index contributed by atoms with van der Waals surface area (Å²) in [6.45, 7) is 2.04. The van der Waals surface area contributed by atoms with Gasteiger partial charge in [-0.15, -0.1) is 11.3 Å². The van der Waals surface area contributed by atoms with Crippen LogP contribution in [0.3, 0.4) is 0 Å². The number of fused-ring (bicyclic) bond motifs is 1. The van der Waals surface area contributed by atoms with Gasteiger partial charge in [-0.05, 0) is 30.0 Å². The second-order valence-electron chi connectivity index (χ2n) is 4.13. The average molecular weight is 256 g/mol. The van der Waals surface area contributed by atoms with E-state index in [9.17, 15) is 4.79 Å². The molecule has 0 aliphatic heterocycles. The monoisotopic (exact) mass is 256 g/mol. The molecule has 90 valence electrons. The van der Waals surface area contributed by atoms with Gasteiger partial charge in [-0.1, -0.05) is 18.2 Å². The highest BCUT2D eigenvalue weighted by atomic mass is 32.1. The number of para-hydroxylation sites is 1. The van der Waals surface area contributed by atoms with Crippen molar-refractivity contribution >= 4 is 39.3 Å². The van der Waals surface area contributed by atoms with Gasteiger partial charge in [-0.2, -0.15) is 0 Å². The van der Waals surface area contributed by atoms with Gasteiger partial charge >= 0.3 is 0 Å². The van der Waals surface area contributed by atoms with E-state index in [2.05, 4.69) is 16.4 Å². The summed E-state index contributed by atoms with van der Waals surface area (Å²) < 4.78 is 0. The van der Waals surface area contributed by atoms with E-state index in [1.165, 1.54) is 5.56 Å². The third-order valence-corrected chi connectivity index (χ3v) is 3.90. The Hall–Kier alpha value is -2.07. The first-order valence-electron chi connectivity index (χ1n) is 5.66. The smallest absolute Gasteiger partial charge is 0.154 e. The predicted molar refractivity (Wildman–Crippen MR) is 76.0 cm³/mol. The van der Waals surface area contributed by atoms with Gasteiger partial charge < -0.3 is 10.3 Å². The minimum atomic E-state index is 0.679. The number of hydrogen-bond acceptors (Lipinski definition) is 3. The van der Waals surface area contributed by atoms with Crippen molar-refractivity contribution in [3.63, 3.8) is 0 Å². The second kappa shape index (κ2) is 4.31. The van der Waals surface area contributed by atoms with Crippen molar-refractivity contribution in [2.24, 2.45) is 0 Å². The van der Waals surface area contributed by atoms with Crippen molar-refractivity contribution in [3.05, 3.63) is 46.8 Å². The number of carbonyl (C=O) groups is 1. The summed E-state index contributed by atoms with van der Waals surface area (Å²) in [6.07, 6.45) is 0.893. The highest BCUT2D eigenvalue weighted by Crippen LogP contribution is 2.30. The van der Waals surface area contributed by atoms with Gasteiger partial charge in [0.2, 0.25) is 0 Å². The molecule has 4 heteroatoms. The molecule has 0 atom stereocenters. The Morgan fingerprint density at radius 1 is 1.28 bits per heavy atom. The van der Waals surface area contributed by atoms with E-state index in [4.69, 9.17) is 0 Å². The van der Waals surface area contributed by atoms with Crippen molar-refractivity contribution in [1.29, 1.82) is 0 Å². The Balaban J connectivity index is 2.11. The zero-order valence-corrected chi connectivity index (χ0v) is 10.7. The number of anilines is 2. The number of rotatable bonds is 3. The molecule has 1 aromatic carbocycles. The van der Waals surface area contributed by atoms with E-state index in [1.54, 1.807) is 11.3 Å². The first-order valence-corrected chi connectivity index (χ1v) is 6.54. The molecule has 0 unspecified atom stereocenters. The van der Waals surface area contributed by atoms with E-state index >= 15 is 0 Å². The van der Waals surface area contributed by atoms with Gasteiger partial charge in [-0.3, -0.25) is 4.79 Å². The lowest BCUT2D eigenvalue weighted by Gasteiger charge is -2.03. The third kappa shape index (κ3) is 1.71. The SMILES string of the molecule is Cc1ccsc1Nc1[nH]c2ccccc2c1C=O. The first-order chi connectivity index (χ1) is 8.79. The molecule has 0 fully saturated rings. The Morgan fingerprint density at radius 2 is 2.11 bits per heavy atom. The van der Waals surface area contributed by atoms with Crippen LogP contribution in [0.25, 0.3) is 10.9 Å². The van der Waals surface area contributed by atoms with Crippen LogP contribution in [-0.2, 0) is 0 Å². The number of nitrogens with one attached hydrogen (secondary N) is 2. The number of H-pyrrole nitrogens is 1. The molecule has 0 bridgehead atoms. The zero-order chi connectivity index (χ0) is 12.5. The topological polar surface area (TPSA) is 44.9 Å². The number of carbonyl (C=O) groups excluding carboxylic acids is 1. The zero-order valence-electron chi connectivity index (χ0n) is 9.86. The molecule has 18 heavy (non-hydrogen) atoms. The van der Waals surface area contributed by atoms with E-state index in [0.717, 1.165) is 28.0 Å². The van der Waals surface area contributed by atoms with Crippen molar-refractivity contribution in [1.82, 2.24) is 4.98 Å². The molecule has 2 N–H and O–H groups in total. The Bertz CT molecular complexity index is 711. The summed E-state index contributed by atoms with van der Waals surface area (Å²) in [7, 11) is 0. The molecular formula is C14H12N2OS. The average Bonchev–Trinajstić information content (AvgIpc) is 2.93. The van der Waals surface area contributed by atoms with E-state index in [1.807, 2.05) is 36.6 Å². The molecular weight excluding hydrogens is 244 g/mol. The van der Waals surface area contributed by atoms with Gasteiger partial charge in [0.25, 0.3) is 0 Å². The van der Waals surface area contributed by atoms with Crippen LogP contribution < -0.4 is 5.32 Å². The number of benzene rings is 1. The fourth-order valence-corrected chi connectivity index (χ4v) is 2.82. The molecule has 3 nitrogen and oxygen atoms in total. The van der Waals surface area contributed by atoms with Gasteiger partial charge in [0, 0.05) is 10.9 Å². The van der Waals surface area contributed by atoms with Gasteiger partial charge in [-0.25, -0.2) is 0 Å². The van der Waals surface area contributed by atoms with Crippen LogP contribution in [0, 0.1) is 6.92 Å². The quantitative estimate of drug-likeness (QED) is 0.693. The molecule has 3 rings (SSSR count). The largest absolute Gasteiger partial charge is 0.341 e. The molecule has 0 spiro atoms. The Kier molecular flexibility index (Phi) is 2.64. The van der Waals surface area contributed by atoms with Crippen LogP contribution in [0.2, 0.25) is 0 Å².